The second-order valence-corrected chi connectivity index (χ2v) is 6.24. The zero-order chi connectivity index (χ0) is 17.2. The van der Waals surface area contributed by atoms with Gasteiger partial charge in [-0.15, -0.1) is 0 Å². The molecule has 0 fully saturated rings. The van der Waals surface area contributed by atoms with Gasteiger partial charge in [0.15, 0.2) is 5.69 Å². The smallest absolute Gasteiger partial charge is 0.272 e. The van der Waals surface area contributed by atoms with Crippen molar-refractivity contribution in [3.05, 3.63) is 41.9 Å². The molecule has 2 aromatic heterocycles. The van der Waals surface area contributed by atoms with Crippen LogP contribution in [0, 0.1) is 6.92 Å². The van der Waals surface area contributed by atoms with Crippen molar-refractivity contribution >= 4 is 16.9 Å². The molecule has 1 aliphatic rings. The van der Waals surface area contributed by atoms with Gasteiger partial charge in [0.2, 0.25) is 5.88 Å². The van der Waals surface area contributed by atoms with E-state index in [1.807, 2.05) is 31.5 Å². The van der Waals surface area contributed by atoms with Gasteiger partial charge in [-0.05, 0) is 25.5 Å². The quantitative estimate of drug-likeness (QED) is 0.723. The van der Waals surface area contributed by atoms with Crippen molar-refractivity contribution in [1.29, 1.82) is 0 Å². The highest BCUT2D eigenvalue weighted by molar-refractivity contribution is 5.94. The number of ether oxygens (including phenoxy) is 1. The van der Waals surface area contributed by atoms with Crippen LogP contribution in [-0.4, -0.2) is 38.4 Å². The van der Waals surface area contributed by atoms with Crippen molar-refractivity contribution < 1.29 is 9.53 Å². The average Bonchev–Trinajstić information content (AvgIpc) is 3.20. The Balaban J connectivity index is 1.34. The Morgan fingerprint density at radius 1 is 1.36 bits per heavy atom. The molecule has 7 heteroatoms. The van der Waals surface area contributed by atoms with Crippen LogP contribution in [-0.2, 0) is 13.1 Å². The summed E-state index contributed by atoms with van der Waals surface area (Å²) in [5.41, 5.74) is 3.39. The summed E-state index contributed by atoms with van der Waals surface area (Å²) in [6.45, 7) is 4.77. The summed E-state index contributed by atoms with van der Waals surface area (Å²) in [6.07, 6.45) is 3.60. The van der Waals surface area contributed by atoms with E-state index in [-0.39, 0.29) is 5.91 Å². The van der Waals surface area contributed by atoms with E-state index in [1.165, 1.54) is 0 Å². The SMILES string of the molecule is Cc1c(C(=O)NCCCn2cnc3ccccc32)nn2c1OCCC2. The molecule has 1 aliphatic heterocycles. The monoisotopic (exact) mass is 339 g/mol. The molecule has 1 amide bonds. The van der Waals surface area contributed by atoms with Gasteiger partial charge in [0.1, 0.15) is 0 Å². The zero-order valence-electron chi connectivity index (χ0n) is 14.2. The number of aryl methyl sites for hydroxylation is 2. The van der Waals surface area contributed by atoms with Gasteiger partial charge in [-0.1, -0.05) is 12.1 Å². The lowest BCUT2D eigenvalue weighted by molar-refractivity contribution is 0.0946. The molecule has 0 saturated carbocycles. The summed E-state index contributed by atoms with van der Waals surface area (Å²) in [4.78, 5) is 16.8. The van der Waals surface area contributed by atoms with E-state index in [4.69, 9.17) is 4.74 Å². The summed E-state index contributed by atoms with van der Waals surface area (Å²) in [6, 6.07) is 8.04. The molecule has 130 valence electrons. The maximum absolute atomic E-state index is 12.4. The lowest BCUT2D eigenvalue weighted by atomic mass is 10.2. The van der Waals surface area contributed by atoms with Gasteiger partial charge in [0, 0.05) is 31.6 Å². The van der Waals surface area contributed by atoms with Crippen LogP contribution in [0.4, 0.5) is 0 Å². The number of fused-ring (bicyclic) bond motifs is 2. The van der Waals surface area contributed by atoms with Gasteiger partial charge in [-0.2, -0.15) is 5.10 Å². The van der Waals surface area contributed by atoms with Gasteiger partial charge in [-0.25, -0.2) is 9.67 Å². The largest absolute Gasteiger partial charge is 0.478 e. The predicted molar refractivity (Wildman–Crippen MR) is 93.8 cm³/mol. The van der Waals surface area contributed by atoms with E-state index in [1.54, 1.807) is 4.68 Å². The van der Waals surface area contributed by atoms with Crippen molar-refractivity contribution in [2.75, 3.05) is 13.2 Å². The van der Waals surface area contributed by atoms with Gasteiger partial charge >= 0.3 is 0 Å². The first-order valence-electron chi connectivity index (χ1n) is 8.62. The third-order valence-electron chi connectivity index (χ3n) is 4.49. The maximum atomic E-state index is 12.4. The number of hydrogen-bond donors (Lipinski definition) is 1. The normalized spacial score (nSPS) is 13.5. The Bertz CT molecular complexity index is 911. The molecule has 25 heavy (non-hydrogen) atoms. The molecule has 0 aliphatic carbocycles. The number of hydrogen-bond acceptors (Lipinski definition) is 4. The van der Waals surface area contributed by atoms with Gasteiger partial charge in [-0.3, -0.25) is 4.79 Å². The van der Waals surface area contributed by atoms with Crippen LogP contribution < -0.4 is 10.1 Å². The van der Waals surface area contributed by atoms with E-state index in [2.05, 4.69) is 26.0 Å². The number of nitrogens with one attached hydrogen (secondary N) is 1. The molecule has 1 N–H and O–H groups in total. The van der Waals surface area contributed by atoms with E-state index in [0.717, 1.165) is 48.4 Å². The van der Waals surface area contributed by atoms with E-state index in [9.17, 15) is 4.79 Å². The molecule has 0 radical (unpaired) electrons. The standard InChI is InChI=1S/C18H21N5O2/c1-13-16(21-23-10-5-11-25-18(13)23)17(24)19-8-4-9-22-12-20-14-6-2-3-7-15(14)22/h2-3,6-7,12H,4-5,8-11H2,1H3,(H,19,24). The Morgan fingerprint density at radius 2 is 2.24 bits per heavy atom. The predicted octanol–water partition coefficient (Wildman–Crippen LogP) is 2.14. The van der Waals surface area contributed by atoms with E-state index < -0.39 is 0 Å². The van der Waals surface area contributed by atoms with Crippen LogP contribution in [0.2, 0.25) is 0 Å². The van der Waals surface area contributed by atoms with Crippen LogP contribution in [0.15, 0.2) is 30.6 Å². The summed E-state index contributed by atoms with van der Waals surface area (Å²) >= 11 is 0. The molecule has 4 rings (SSSR count). The maximum Gasteiger partial charge on any atom is 0.272 e. The molecule has 7 nitrogen and oxygen atoms in total. The number of nitrogens with zero attached hydrogens (tertiary/aromatic N) is 4. The average molecular weight is 339 g/mol. The number of carbonyl (C=O) groups is 1. The Kier molecular flexibility index (Phi) is 4.13. The number of aromatic nitrogens is 4. The lowest BCUT2D eigenvalue weighted by Gasteiger charge is -2.14. The van der Waals surface area contributed by atoms with Crippen molar-refractivity contribution in [2.24, 2.45) is 0 Å². The molecule has 1 aromatic carbocycles. The minimum atomic E-state index is -0.140. The van der Waals surface area contributed by atoms with Crippen molar-refractivity contribution in [3.63, 3.8) is 0 Å². The molecule has 0 bridgehead atoms. The summed E-state index contributed by atoms with van der Waals surface area (Å²) in [5.74, 6) is 0.583. The first kappa shape index (κ1) is 15.7. The molecule has 3 heterocycles. The highest BCUT2D eigenvalue weighted by Crippen LogP contribution is 2.24. The van der Waals surface area contributed by atoms with Gasteiger partial charge in [0.25, 0.3) is 5.91 Å². The van der Waals surface area contributed by atoms with Crippen molar-refractivity contribution in [3.8, 4) is 5.88 Å². The van der Waals surface area contributed by atoms with Crippen LogP contribution in [0.25, 0.3) is 11.0 Å². The highest BCUT2D eigenvalue weighted by atomic mass is 16.5. The number of imidazole rings is 1. The Morgan fingerprint density at radius 3 is 3.12 bits per heavy atom. The third kappa shape index (κ3) is 2.97. The first-order valence-corrected chi connectivity index (χ1v) is 8.62. The van der Waals surface area contributed by atoms with E-state index in [0.29, 0.717) is 18.8 Å². The number of benzene rings is 1. The fourth-order valence-electron chi connectivity index (χ4n) is 3.19. The fraction of sp³-hybridized carbons (Fsp3) is 0.389. The minimum absolute atomic E-state index is 0.140. The molecule has 0 spiro atoms. The Hall–Kier alpha value is -2.83. The van der Waals surface area contributed by atoms with Crippen LogP contribution in [0.1, 0.15) is 28.9 Å². The number of para-hydroxylation sites is 2. The molecule has 3 aromatic rings. The number of amides is 1. The van der Waals surface area contributed by atoms with Crippen LogP contribution >= 0.6 is 0 Å². The first-order chi connectivity index (χ1) is 12.2. The highest BCUT2D eigenvalue weighted by Gasteiger charge is 2.22. The molecular formula is C18H21N5O2. The zero-order valence-corrected chi connectivity index (χ0v) is 14.2. The third-order valence-corrected chi connectivity index (χ3v) is 4.49. The fourth-order valence-corrected chi connectivity index (χ4v) is 3.19. The summed E-state index contributed by atoms with van der Waals surface area (Å²) in [7, 11) is 0. The summed E-state index contributed by atoms with van der Waals surface area (Å²) in [5, 5.41) is 7.34. The second kappa shape index (κ2) is 6.58. The summed E-state index contributed by atoms with van der Waals surface area (Å²) < 4.78 is 9.50. The molecular weight excluding hydrogens is 318 g/mol. The van der Waals surface area contributed by atoms with Gasteiger partial charge in [0.05, 0.1) is 24.0 Å². The minimum Gasteiger partial charge on any atom is -0.478 e. The molecule has 0 saturated heterocycles. The molecule has 0 unspecified atom stereocenters. The van der Waals surface area contributed by atoms with Crippen LogP contribution in [0.5, 0.6) is 5.88 Å². The van der Waals surface area contributed by atoms with Crippen molar-refractivity contribution in [2.45, 2.75) is 32.9 Å². The number of carbonyl (C=O) groups excluding carboxylic acids is 1. The van der Waals surface area contributed by atoms with Crippen molar-refractivity contribution in [1.82, 2.24) is 24.6 Å². The topological polar surface area (TPSA) is 74.0 Å². The Labute approximate surface area is 145 Å². The molecule has 0 atom stereocenters. The van der Waals surface area contributed by atoms with Crippen LogP contribution in [0.3, 0.4) is 0 Å². The van der Waals surface area contributed by atoms with Gasteiger partial charge < -0.3 is 14.6 Å². The second-order valence-electron chi connectivity index (χ2n) is 6.24. The van der Waals surface area contributed by atoms with E-state index >= 15 is 0 Å². The lowest BCUT2D eigenvalue weighted by Crippen LogP contribution is -2.26. The number of rotatable bonds is 5.